The van der Waals surface area contributed by atoms with Crippen LogP contribution in [0.5, 0.6) is 0 Å². The van der Waals surface area contributed by atoms with Gasteiger partial charge >= 0.3 is 0 Å². The standard InChI is InChI=1S/C3H7NOS.C2H6.CH3NOS/c1-4(2)3(5)6;1-2;2-1(3)4/h1-2H3,(H,5,6);1-2H3;(H3,2,3,4). The number of thiocarbonyl (C=S) groups is 2. The summed E-state index contributed by atoms with van der Waals surface area (Å²) in [5.74, 6) is 0. The molecule has 0 aromatic rings. The van der Waals surface area contributed by atoms with Crippen molar-refractivity contribution in [3.63, 3.8) is 0 Å². The summed E-state index contributed by atoms with van der Waals surface area (Å²) in [6.07, 6.45) is 0. The molecule has 12 heavy (non-hydrogen) atoms. The Balaban J connectivity index is -0.000000118. The van der Waals surface area contributed by atoms with Crippen LogP contribution >= 0.6 is 24.4 Å². The van der Waals surface area contributed by atoms with Crippen LogP contribution in [-0.2, 0) is 0 Å². The zero-order valence-electron chi connectivity index (χ0n) is 7.74. The van der Waals surface area contributed by atoms with Gasteiger partial charge in [0.05, 0.1) is 0 Å². The van der Waals surface area contributed by atoms with Gasteiger partial charge in [0, 0.05) is 14.1 Å². The molecule has 0 spiro atoms. The van der Waals surface area contributed by atoms with Gasteiger partial charge in [0.15, 0.2) is 0 Å². The molecule has 4 nitrogen and oxygen atoms in total. The van der Waals surface area contributed by atoms with E-state index in [0.717, 1.165) is 0 Å². The second-order valence-corrected chi connectivity index (χ2v) is 2.30. The average molecular weight is 212 g/mol. The molecule has 0 saturated heterocycles. The summed E-state index contributed by atoms with van der Waals surface area (Å²) in [4.78, 5) is 1.45. The van der Waals surface area contributed by atoms with Gasteiger partial charge in [-0.2, -0.15) is 0 Å². The number of hydrogen-bond donors (Lipinski definition) is 3. The van der Waals surface area contributed by atoms with Crippen LogP contribution in [-0.4, -0.2) is 39.6 Å². The second kappa shape index (κ2) is 13.0. The molecule has 4 N–H and O–H groups in total. The van der Waals surface area contributed by atoms with Gasteiger partial charge in [0.25, 0.3) is 10.3 Å². The minimum absolute atomic E-state index is 0.0741. The Labute approximate surface area is 84.0 Å². The molecule has 0 rings (SSSR count). The highest BCUT2D eigenvalue weighted by molar-refractivity contribution is 7.80. The van der Waals surface area contributed by atoms with Crippen LogP contribution in [0.3, 0.4) is 0 Å². The third-order valence-electron chi connectivity index (χ3n) is 0.383. The van der Waals surface area contributed by atoms with Crippen molar-refractivity contribution in [1.82, 2.24) is 4.90 Å². The first-order chi connectivity index (χ1) is 5.37. The van der Waals surface area contributed by atoms with Crippen LogP contribution in [0.15, 0.2) is 0 Å². The van der Waals surface area contributed by atoms with E-state index in [1.807, 2.05) is 13.8 Å². The second-order valence-electron chi connectivity index (χ2n) is 1.52. The number of aliphatic hydroxyl groups is 2. The van der Waals surface area contributed by atoms with Crippen LogP contribution in [0.4, 0.5) is 0 Å². The molecule has 0 fully saturated rings. The molecule has 6 heteroatoms. The van der Waals surface area contributed by atoms with Crippen LogP contribution in [0, 0.1) is 0 Å². The Hall–Kier alpha value is -0.620. The first-order valence-corrected chi connectivity index (χ1v) is 4.08. The predicted octanol–water partition coefficient (Wildman–Crippen LogP) is 1.21. The maximum absolute atomic E-state index is 8.29. The third-order valence-corrected chi connectivity index (χ3v) is 0.748. The predicted molar refractivity (Wildman–Crippen MR) is 59.7 cm³/mol. The van der Waals surface area contributed by atoms with Gasteiger partial charge < -0.3 is 20.8 Å². The Kier molecular flexibility index (Phi) is 18.9. The number of rotatable bonds is 0. The lowest BCUT2D eigenvalue weighted by atomic mass is 10.9. The third kappa shape index (κ3) is 57.7. The largest absolute Gasteiger partial charge is 0.487 e. The highest BCUT2D eigenvalue weighted by atomic mass is 32.1. The molecule has 0 amide bonds. The Morgan fingerprint density at radius 3 is 1.25 bits per heavy atom. The molecule has 0 atom stereocenters. The molecule has 0 aliphatic carbocycles. The monoisotopic (exact) mass is 212 g/mol. The summed E-state index contributed by atoms with van der Waals surface area (Å²) in [5.41, 5.74) is 4.40. The van der Waals surface area contributed by atoms with Gasteiger partial charge in [-0.05, 0) is 24.4 Å². The summed E-state index contributed by atoms with van der Waals surface area (Å²) in [6, 6.07) is 0. The molecule has 0 heterocycles. The highest BCUT2D eigenvalue weighted by Crippen LogP contribution is 1.71. The molecule has 0 aromatic heterocycles. The fourth-order valence-corrected chi connectivity index (χ4v) is 0. The van der Waals surface area contributed by atoms with Crippen LogP contribution in [0.2, 0.25) is 0 Å². The average Bonchev–Trinajstić information content (AvgIpc) is 1.90. The summed E-state index contributed by atoms with van der Waals surface area (Å²) >= 11 is 8.17. The van der Waals surface area contributed by atoms with E-state index < -0.39 is 5.17 Å². The van der Waals surface area contributed by atoms with Crippen molar-refractivity contribution >= 4 is 34.8 Å². The van der Waals surface area contributed by atoms with Gasteiger partial charge in [-0.15, -0.1) is 0 Å². The minimum atomic E-state index is -0.500. The fraction of sp³-hybridized carbons (Fsp3) is 0.667. The molecule has 0 saturated carbocycles. The van der Waals surface area contributed by atoms with Crippen molar-refractivity contribution < 1.29 is 10.2 Å². The van der Waals surface area contributed by atoms with Crippen molar-refractivity contribution in [2.75, 3.05) is 14.1 Å². The Morgan fingerprint density at radius 1 is 1.17 bits per heavy atom. The number of hydrogen-bond acceptors (Lipinski definition) is 2. The molecule has 0 aliphatic rings. The minimum Gasteiger partial charge on any atom is -0.487 e. The summed E-state index contributed by atoms with van der Waals surface area (Å²) < 4.78 is 0. The van der Waals surface area contributed by atoms with E-state index in [9.17, 15) is 0 Å². The van der Waals surface area contributed by atoms with Gasteiger partial charge in [0.1, 0.15) is 0 Å². The van der Waals surface area contributed by atoms with E-state index in [4.69, 9.17) is 10.2 Å². The molecule has 0 aliphatic heterocycles. The molecule has 0 aromatic carbocycles. The normalized spacial score (nSPS) is 6.33. The molecule has 0 bridgehead atoms. The highest BCUT2D eigenvalue weighted by Gasteiger charge is 1.86. The summed E-state index contributed by atoms with van der Waals surface area (Å²) in [6.45, 7) is 4.00. The zero-order valence-corrected chi connectivity index (χ0v) is 9.37. The topological polar surface area (TPSA) is 69.7 Å². The van der Waals surface area contributed by atoms with Crippen LogP contribution in [0.1, 0.15) is 13.8 Å². The van der Waals surface area contributed by atoms with Crippen molar-refractivity contribution in [3.05, 3.63) is 0 Å². The van der Waals surface area contributed by atoms with E-state index in [0.29, 0.717) is 0 Å². The van der Waals surface area contributed by atoms with Crippen LogP contribution in [0.25, 0.3) is 0 Å². The Bertz CT molecular complexity index is 125. The van der Waals surface area contributed by atoms with Gasteiger partial charge in [-0.1, -0.05) is 13.8 Å². The molecular weight excluding hydrogens is 196 g/mol. The van der Waals surface area contributed by atoms with Gasteiger partial charge in [-0.25, -0.2) is 0 Å². The maximum atomic E-state index is 8.29. The summed E-state index contributed by atoms with van der Waals surface area (Å²) in [7, 11) is 3.37. The molecule has 0 unspecified atom stereocenters. The van der Waals surface area contributed by atoms with Crippen molar-refractivity contribution in [2.45, 2.75) is 13.8 Å². The van der Waals surface area contributed by atoms with Crippen molar-refractivity contribution in [1.29, 1.82) is 0 Å². The van der Waals surface area contributed by atoms with E-state index in [-0.39, 0.29) is 5.17 Å². The van der Waals surface area contributed by atoms with Crippen molar-refractivity contribution in [3.8, 4) is 0 Å². The SMILES string of the molecule is CC.CN(C)C(O)=S.NC(O)=S. The Morgan fingerprint density at radius 2 is 1.25 bits per heavy atom. The zero-order chi connectivity index (χ0) is 10.7. The van der Waals surface area contributed by atoms with E-state index in [2.05, 4.69) is 30.2 Å². The fourth-order valence-electron chi connectivity index (χ4n) is 0. The first kappa shape index (κ1) is 17.5. The number of nitrogens with zero attached hydrogens (tertiary/aromatic N) is 1. The van der Waals surface area contributed by atoms with Gasteiger partial charge in [-0.3, -0.25) is 0 Å². The first-order valence-electron chi connectivity index (χ1n) is 3.26. The smallest absolute Gasteiger partial charge is 0.256 e. The van der Waals surface area contributed by atoms with E-state index >= 15 is 0 Å². The van der Waals surface area contributed by atoms with Crippen molar-refractivity contribution in [2.24, 2.45) is 5.73 Å². The maximum Gasteiger partial charge on any atom is 0.256 e. The van der Waals surface area contributed by atoms with E-state index in [1.54, 1.807) is 14.1 Å². The lowest BCUT2D eigenvalue weighted by molar-refractivity contribution is 0.442. The summed E-state index contributed by atoms with van der Waals surface area (Å²) in [5, 5.41) is 15.3. The molecule has 0 radical (unpaired) electrons. The molecule has 74 valence electrons. The van der Waals surface area contributed by atoms with E-state index in [1.165, 1.54) is 4.90 Å². The lowest BCUT2D eigenvalue weighted by Crippen LogP contribution is -2.17. The quantitative estimate of drug-likeness (QED) is 0.524. The number of aliphatic hydroxyl groups excluding tert-OH is 2. The van der Waals surface area contributed by atoms with Crippen LogP contribution < -0.4 is 5.73 Å². The number of nitrogens with two attached hydrogens (primary N) is 1. The molecular formula is C6H16N2O2S2. The van der Waals surface area contributed by atoms with Gasteiger partial charge in [0.2, 0.25) is 0 Å². The lowest BCUT2D eigenvalue weighted by Gasteiger charge is -2.03.